The first-order valence-electron chi connectivity index (χ1n) is 7.34. The van der Waals surface area contributed by atoms with Crippen LogP contribution < -0.4 is 10.1 Å². The minimum atomic E-state index is -3.16. The SMILES string of the molecule is O=C(O)C[C@@H](Nc1cc(Br)ccc1[N+](=O)[O-])c1c(Cl)cccc1OC(F)F. The predicted molar refractivity (Wildman–Crippen MR) is 97.5 cm³/mol. The van der Waals surface area contributed by atoms with Crippen molar-refractivity contribution in [2.24, 2.45) is 0 Å². The topological polar surface area (TPSA) is 102 Å². The van der Waals surface area contributed by atoms with Crippen LogP contribution in [0, 0.1) is 10.1 Å². The fourth-order valence-electron chi connectivity index (χ4n) is 2.42. The number of nitro benzene ring substituents is 1. The number of aliphatic carboxylic acids is 1. The summed E-state index contributed by atoms with van der Waals surface area (Å²) in [5, 5.41) is 23.1. The molecule has 0 radical (unpaired) electrons. The van der Waals surface area contributed by atoms with Crippen LogP contribution in [0.4, 0.5) is 20.2 Å². The average Bonchev–Trinajstić information content (AvgIpc) is 2.53. The largest absolute Gasteiger partial charge is 0.481 e. The number of ether oxygens (including phenoxy) is 1. The summed E-state index contributed by atoms with van der Waals surface area (Å²) in [7, 11) is 0. The third-order valence-electron chi connectivity index (χ3n) is 3.44. The summed E-state index contributed by atoms with van der Waals surface area (Å²) >= 11 is 9.27. The summed E-state index contributed by atoms with van der Waals surface area (Å²) in [4.78, 5) is 21.9. The zero-order valence-corrected chi connectivity index (χ0v) is 15.7. The minimum absolute atomic E-state index is 0.0106. The van der Waals surface area contributed by atoms with Crippen molar-refractivity contribution in [1.29, 1.82) is 0 Å². The zero-order chi connectivity index (χ0) is 20.1. The monoisotopic (exact) mass is 464 g/mol. The molecule has 0 saturated heterocycles. The van der Waals surface area contributed by atoms with Gasteiger partial charge in [-0.15, -0.1) is 0 Å². The Kier molecular flexibility index (Phi) is 6.92. The first-order valence-corrected chi connectivity index (χ1v) is 8.51. The van der Waals surface area contributed by atoms with E-state index in [1.807, 2.05) is 0 Å². The maximum absolute atomic E-state index is 12.7. The van der Waals surface area contributed by atoms with Gasteiger partial charge in [0.25, 0.3) is 5.69 Å². The summed E-state index contributed by atoms with van der Waals surface area (Å²) in [6.45, 7) is -3.16. The van der Waals surface area contributed by atoms with Gasteiger partial charge < -0.3 is 15.2 Å². The van der Waals surface area contributed by atoms with Gasteiger partial charge in [0.15, 0.2) is 0 Å². The van der Waals surface area contributed by atoms with Crippen molar-refractivity contribution in [1.82, 2.24) is 0 Å². The molecule has 0 aliphatic rings. The molecule has 0 amide bonds. The van der Waals surface area contributed by atoms with E-state index in [0.717, 1.165) is 0 Å². The third kappa shape index (κ3) is 5.51. The molecule has 0 fully saturated rings. The highest BCUT2D eigenvalue weighted by Gasteiger charge is 2.26. The Balaban J connectivity index is 2.54. The molecule has 0 aliphatic carbocycles. The molecule has 0 bridgehead atoms. The maximum Gasteiger partial charge on any atom is 0.387 e. The van der Waals surface area contributed by atoms with Gasteiger partial charge in [0.05, 0.1) is 17.4 Å². The van der Waals surface area contributed by atoms with Crippen LogP contribution in [-0.2, 0) is 4.79 Å². The highest BCUT2D eigenvalue weighted by Crippen LogP contribution is 2.39. The van der Waals surface area contributed by atoms with E-state index in [2.05, 4.69) is 26.0 Å². The Morgan fingerprint density at radius 3 is 2.67 bits per heavy atom. The van der Waals surface area contributed by atoms with Gasteiger partial charge in [-0.1, -0.05) is 33.6 Å². The number of carbonyl (C=O) groups is 1. The molecule has 1 atom stereocenters. The van der Waals surface area contributed by atoms with Gasteiger partial charge in [-0.3, -0.25) is 14.9 Å². The Labute approximate surface area is 165 Å². The van der Waals surface area contributed by atoms with Crippen LogP contribution in [0.15, 0.2) is 40.9 Å². The smallest absolute Gasteiger partial charge is 0.387 e. The molecule has 2 N–H and O–H groups in total. The summed E-state index contributed by atoms with van der Waals surface area (Å²) in [5.41, 5.74) is -0.378. The van der Waals surface area contributed by atoms with Crippen LogP contribution in [0.5, 0.6) is 5.75 Å². The van der Waals surface area contributed by atoms with Crippen molar-refractivity contribution in [2.45, 2.75) is 19.1 Å². The number of nitro groups is 1. The second-order valence-electron chi connectivity index (χ2n) is 5.24. The number of alkyl halides is 2. The number of carboxylic acids is 1. The lowest BCUT2D eigenvalue weighted by atomic mass is 10.0. The number of rotatable bonds is 8. The van der Waals surface area contributed by atoms with Crippen molar-refractivity contribution < 1.29 is 28.3 Å². The number of nitrogens with zero attached hydrogens (tertiary/aromatic N) is 1. The lowest BCUT2D eigenvalue weighted by molar-refractivity contribution is -0.384. The number of benzene rings is 2. The summed E-state index contributed by atoms with van der Waals surface area (Å²) < 4.78 is 30.3. The van der Waals surface area contributed by atoms with Gasteiger partial charge in [0.2, 0.25) is 0 Å². The molecule has 0 saturated carbocycles. The lowest BCUT2D eigenvalue weighted by Gasteiger charge is -2.22. The molecule has 0 unspecified atom stereocenters. The van der Waals surface area contributed by atoms with E-state index < -0.39 is 30.0 Å². The summed E-state index contributed by atoms with van der Waals surface area (Å²) in [6, 6.07) is 6.81. The van der Waals surface area contributed by atoms with Crippen LogP contribution >= 0.6 is 27.5 Å². The highest BCUT2D eigenvalue weighted by atomic mass is 79.9. The van der Waals surface area contributed by atoms with E-state index in [1.165, 1.54) is 36.4 Å². The van der Waals surface area contributed by atoms with E-state index in [0.29, 0.717) is 4.47 Å². The molecule has 2 aromatic carbocycles. The first kappa shape index (κ1) is 20.8. The number of anilines is 1. The van der Waals surface area contributed by atoms with Gasteiger partial charge in [-0.25, -0.2) is 0 Å². The van der Waals surface area contributed by atoms with E-state index in [1.54, 1.807) is 0 Å². The quantitative estimate of drug-likeness (QED) is 0.408. The van der Waals surface area contributed by atoms with E-state index in [9.17, 15) is 28.8 Å². The van der Waals surface area contributed by atoms with Crippen LogP contribution in [0.1, 0.15) is 18.0 Å². The van der Waals surface area contributed by atoms with Crippen molar-refractivity contribution in [3.05, 3.63) is 61.6 Å². The van der Waals surface area contributed by atoms with Gasteiger partial charge in [0.1, 0.15) is 11.4 Å². The third-order valence-corrected chi connectivity index (χ3v) is 4.26. The van der Waals surface area contributed by atoms with Crippen LogP contribution in [0.25, 0.3) is 0 Å². The Morgan fingerprint density at radius 2 is 2.07 bits per heavy atom. The van der Waals surface area contributed by atoms with Crippen molar-refractivity contribution in [3.8, 4) is 5.75 Å². The molecule has 2 aromatic rings. The molecule has 144 valence electrons. The van der Waals surface area contributed by atoms with Crippen molar-refractivity contribution in [3.63, 3.8) is 0 Å². The Bertz CT molecular complexity index is 869. The van der Waals surface area contributed by atoms with Gasteiger partial charge >= 0.3 is 12.6 Å². The summed E-state index contributed by atoms with van der Waals surface area (Å²) in [6.07, 6.45) is -0.590. The molecule has 7 nitrogen and oxygen atoms in total. The van der Waals surface area contributed by atoms with E-state index >= 15 is 0 Å². The minimum Gasteiger partial charge on any atom is -0.481 e. The molecule has 27 heavy (non-hydrogen) atoms. The number of carboxylic acid groups (broad SMARTS) is 1. The molecule has 0 aliphatic heterocycles. The Morgan fingerprint density at radius 1 is 1.37 bits per heavy atom. The molecule has 0 spiro atoms. The zero-order valence-electron chi connectivity index (χ0n) is 13.4. The average molecular weight is 466 g/mol. The van der Waals surface area contributed by atoms with Crippen molar-refractivity contribution in [2.75, 3.05) is 5.32 Å². The van der Waals surface area contributed by atoms with E-state index in [-0.39, 0.29) is 27.7 Å². The number of nitrogens with one attached hydrogen (secondary N) is 1. The number of halogens is 4. The second kappa shape index (κ2) is 8.96. The predicted octanol–water partition coefficient (Wildman–Crippen LogP) is 5.24. The standard InChI is InChI=1S/C16H12BrClF2N2O5/c17-8-4-5-12(22(25)26)10(6-8)21-11(7-14(23)24)15-9(18)2-1-3-13(15)27-16(19)20/h1-6,11,16,21H,7H2,(H,23,24)/t11-/m1/s1. The van der Waals surface area contributed by atoms with E-state index in [4.69, 9.17) is 11.6 Å². The lowest BCUT2D eigenvalue weighted by Crippen LogP contribution is -2.18. The molecular formula is C16H12BrClF2N2O5. The first-order chi connectivity index (χ1) is 12.7. The molecular weight excluding hydrogens is 454 g/mol. The van der Waals surface area contributed by atoms with Gasteiger partial charge in [0, 0.05) is 21.1 Å². The number of hydrogen-bond acceptors (Lipinski definition) is 5. The van der Waals surface area contributed by atoms with Crippen LogP contribution in [-0.4, -0.2) is 22.6 Å². The fourth-order valence-corrected chi connectivity index (χ4v) is 3.08. The van der Waals surface area contributed by atoms with Crippen LogP contribution in [0.2, 0.25) is 5.02 Å². The van der Waals surface area contributed by atoms with Crippen molar-refractivity contribution >= 4 is 44.9 Å². The maximum atomic E-state index is 12.7. The second-order valence-corrected chi connectivity index (χ2v) is 6.57. The normalized spacial score (nSPS) is 11.9. The van der Waals surface area contributed by atoms with Gasteiger partial charge in [-0.2, -0.15) is 8.78 Å². The highest BCUT2D eigenvalue weighted by molar-refractivity contribution is 9.10. The molecule has 0 heterocycles. The van der Waals surface area contributed by atoms with Gasteiger partial charge in [-0.05, 0) is 24.3 Å². The summed E-state index contributed by atoms with van der Waals surface area (Å²) in [5.74, 6) is -1.60. The molecule has 2 rings (SSSR count). The Hall–Kier alpha value is -2.46. The molecule has 11 heteroatoms. The fraction of sp³-hybridized carbons (Fsp3) is 0.188. The molecule has 0 aromatic heterocycles. The van der Waals surface area contributed by atoms with Crippen LogP contribution in [0.3, 0.4) is 0 Å². The number of hydrogen-bond donors (Lipinski definition) is 2.